The molecule has 0 bridgehead atoms. The minimum absolute atomic E-state index is 0.0340. The van der Waals surface area contributed by atoms with Crippen LogP contribution in [0.4, 0.5) is 11.4 Å². The number of hydrogen-bond acceptors (Lipinski definition) is 6. The van der Waals surface area contributed by atoms with Crippen LogP contribution in [0, 0.1) is 13.8 Å². The number of rotatable bonds is 10. The largest absolute Gasteiger partial charge is 0.465 e. The van der Waals surface area contributed by atoms with E-state index >= 15 is 0 Å². The first-order valence-corrected chi connectivity index (χ1v) is 13.5. The maximum Gasteiger partial charge on any atom is 0.306 e. The molecule has 0 radical (unpaired) electrons. The number of anilines is 2. The van der Waals surface area contributed by atoms with Crippen LogP contribution in [0.1, 0.15) is 29.5 Å². The second-order valence-corrected chi connectivity index (χ2v) is 10.4. The molecule has 37 heavy (non-hydrogen) atoms. The minimum Gasteiger partial charge on any atom is -0.465 e. The number of sulfonamides is 1. The van der Waals surface area contributed by atoms with Gasteiger partial charge in [0.05, 0.1) is 23.6 Å². The number of hydrogen-bond donors (Lipinski definition) is 3. The molecule has 0 saturated heterocycles. The molecule has 0 atom stereocenters. The number of amides is 1. The Bertz CT molecular complexity index is 1340. The van der Waals surface area contributed by atoms with Gasteiger partial charge in [-0.1, -0.05) is 48.5 Å². The third kappa shape index (κ3) is 8.69. The van der Waals surface area contributed by atoms with E-state index in [0.29, 0.717) is 17.8 Å². The summed E-state index contributed by atoms with van der Waals surface area (Å²) >= 11 is 5.15. The molecular formula is C27H29N3O5S2. The zero-order chi connectivity index (χ0) is 26.8. The molecule has 8 nitrogen and oxygen atoms in total. The number of nitrogens with one attached hydrogen (secondary N) is 3. The van der Waals surface area contributed by atoms with Crippen LogP contribution in [0.3, 0.4) is 0 Å². The standard InChI is InChI=1S/C27H29N3O5S2/c1-19-7-6-8-20(2)26(19)30-37(33,34)23-13-11-22(12-14-23)28-27(36)29-24(31)15-16-25(32)35-18-17-21-9-4-3-5-10-21/h3-14,30H,15-18H2,1-2H3,(H2,28,29,31,36). The fourth-order valence-corrected chi connectivity index (χ4v) is 4.89. The predicted molar refractivity (Wildman–Crippen MR) is 148 cm³/mol. The molecular weight excluding hydrogens is 510 g/mol. The van der Waals surface area contributed by atoms with Gasteiger partial charge in [-0.15, -0.1) is 0 Å². The SMILES string of the molecule is Cc1cccc(C)c1NS(=O)(=O)c1ccc(NC(=S)NC(=O)CCC(=O)OCCc2ccccc2)cc1. The molecule has 0 aliphatic rings. The van der Waals surface area contributed by atoms with Crippen LogP contribution in [-0.4, -0.2) is 32.0 Å². The summed E-state index contributed by atoms with van der Waals surface area (Å²) in [5, 5.41) is 5.36. The molecule has 0 heterocycles. The second kappa shape index (κ2) is 13.0. The topological polar surface area (TPSA) is 114 Å². The molecule has 3 aromatic carbocycles. The van der Waals surface area contributed by atoms with Crippen LogP contribution in [0.5, 0.6) is 0 Å². The van der Waals surface area contributed by atoms with Gasteiger partial charge in [0.25, 0.3) is 10.0 Å². The van der Waals surface area contributed by atoms with Crippen molar-refractivity contribution in [1.82, 2.24) is 5.32 Å². The molecule has 0 saturated carbocycles. The van der Waals surface area contributed by atoms with Crippen molar-refractivity contribution in [2.24, 2.45) is 0 Å². The highest BCUT2D eigenvalue weighted by Crippen LogP contribution is 2.24. The van der Waals surface area contributed by atoms with Gasteiger partial charge in [-0.2, -0.15) is 0 Å². The van der Waals surface area contributed by atoms with E-state index in [0.717, 1.165) is 16.7 Å². The van der Waals surface area contributed by atoms with E-state index in [2.05, 4.69) is 15.4 Å². The number of para-hydroxylation sites is 1. The lowest BCUT2D eigenvalue weighted by Crippen LogP contribution is -2.34. The van der Waals surface area contributed by atoms with Crippen molar-refractivity contribution < 1.29 is 22.7 Å². The van der Waals surface area contributed by atoms with Crippen molar-refractivity contribution in [1.29, 1.82) is 0 Å². The molecule has 0 aromatic heterocycles. The van der Waals surface area contributed by atoms with Gasteiger partial charge in [0.1, 0.15) is 0 Å². The van der Waals surface area contributed by atoms with E-state index in [1.165, 1.54) is 12.1 Å². The number of ether oxygens (including phenoxy) is 1. The summed E-state index contributed by atoms with van der Waals surface area (Å²) < 4.78 is 33.4. The van der Waals surface area contributed by atoms with Gasteiger partial charge < -0.3 is 15.4 Å². The molecule has 10 heteroatoms. The summed E-state index contributed by atoms with van der Waals surface area (Å²) in [5.41, 5.74) is 3.75. The normalized spacial score (nSPS) is 10.9. The van der Waals surface area contributed by atoms with Gasteiger partial charge in [0.2, 0.25) is 5.91 Å². The Morgan fingerprint density at radius 2 is 1.51 bits per heavy atom. The zero-order valence-corrected chi connectivity index (χ0v) is 22.2. The molecule has 1 amide bonds. The summed E-state index contributed by atoms with van der Waals surface area (Å²) in [6, 6.07) is 21.1. The van der Waals surface area contributed by atoms with Crippen LogP contribution in [0.2, 0.25) is 0 Å². The molecule has 0 unspecified atom stereocenters. The van der Waals surface area contributed by atoms with E-state index < -0.39 is 21.9 Å². The number of benzene rings is 3. The third-order valence-corrected chi connectivity index (χ3v) is 7.02. The highest BCUT2D eigenvalue weighted by atomic mass is 32.2. The van der Waals surface area contributed by atoms with Gasteiger partial charge in [-0.3, -0.25) is 14.3 Å². The summed E-state index contributed by atoms with van der Waals surface area (Å²) in [6.45, 7) is 3.92. The maximum absolute atomic E-state index is 12.8. The fourth-order valence-electron chi connectivity index (χ4n) is 3.45. The van der Waals surface area contributed by atoms with Crippen molar-refractivity contribution in [2.45, 2.75) is 38.0 Å². The molecule has 0 aliphatic heterocycles. The Morgan fingerprint density at radius 3 is 2.16 bits per heavy atom. The minimum atomic E-state index is -3.78. The second-order valence-electron chi connectivity index (χ2n) is 8.36. The Kier molecular flexibility index (Phi) is 9.76. The van der Waals surface area contributed by atoms with E-state index in [-0.39, 0.29) is 29.5 Å². The van der Waals surface area contributed by atoms with Gasteiger partial charge in [-0.25, -0.2) is 8.42 Å². The molecule has 3 aromatic rings. The lowest BCUT2D eigenvalue weighted by atomic mass is 10.1. The van der Waals surface area contributed by atoms with E-state index in [9.17, 15) is 18.0 Å². The molecule has 0 fully saturated rings. The van der Waals surface area contributed by atoms with Crippen molar-refractivity contribution in [3.8, 4) is 0 Å². The Morgan fingerprint density at radius 1 is 0.865 bits per heavy atom. The number of carbonyl (C=O) groups excluding carboxylic acids is 2. The molecule has 3 rings (SSSR count). The Labute approximate surface area is 222 Å². The van der Waals surface area contributed by atoms with Crippen LogP contribution >= 0.6 is 12.2 Å². The quantitative estimate of drug-likeness (QED) is 0.257. The Hall–Kier alpha value is -3.76. The van der Waals surface area contributed by atoms with E-state index in [1.807, 2.05) is 62.4 Å². The summed E-state index contributed by atoms with van der Waals surface area (Å²) in [5.74, 6) is -0.897. The smallest absolute Gasteiger partial charge is 0.306 e. The lowest BCUT2D eigenvalue weighted by Gasteiger charge is -2.14. The number of thiocarbonyl (C=S) groups is 1. The van der Waals surface area contributed by atoms with Gasteiger partial charge in [0, 0.05) is 18.5 Å². The average Bonchev–Trinajstić information content (AvgIpc) is 2.86. The first-order chi connectivity index (χ1) is 17.6. The predicted octanol–water partition coefficient (Wildman–Crippen LogP) is 4.48. The monoisotopic (exact) mass is 539 g/mol. The summed E-state index contributed by atoms with van der Waals surface area (Å²) in [6.07, 6.45) is 0.463. The molecule has 0 aliphatic carbocycles. The lowest BCUT2D eigenvalue weighted by molar-refractivity contribution is -0.144. The molecule has 3 N–H and O–H groups in total. The fraction of sp³-hybridized carbons (Fsp3) is 0.222. The van der Waals surface area contributed by atoms with Crippen LogP contribution in [0.15, 0.2) is 77.7 Å². The number of aryl methyl sites for hydroxylation is 2. The van der Waals surface area contributed by atoms with E-state index in [4.69, 9.17) is 17.0 Å². The molecule has 0 spiro atoms. The maximum atomic E-state index is 12.8. The van der Waals surface area contributed by atoms with E-state index in [1.54, 1.807) is 12.1 Å². The summed E-state index contributed by atoms with van der Waals surface area (Å²) in [4.78, 5) is 24.1. The van der Waals surface area contributed by atoms with Gasteiger partial charge in [0.15, 0.2) is 5.11 Å². The van der Waals surface area contributed by atoms with Gasteiger partial charge in [-0.05, 0) is 67.0 Å². The van der Waals surface area contributed by atoms with Gasteiger partial charge >= 0.3 is 5.97 Å². The van der Waals surface area contributed by atoms with Crippen LogP contribution < -0.4 is 15.4 Å². The van der Waals surface area contributed by atoms with Crippen molar-refractivity contribution in [2.75, 3.05) is 16.6 Å². The zero-order valence-electron chi connectivity index (χ0n) is 20.6. The van der Waals surface area contributed by atoms with Crippen molar-refractivity contribution in [3.05, 3.63) is 89.5 Å². The van der Waals surface area contributed by atoms with Crippen molar-refractivity contribution >= 4 is 50.6 Å². The average molecular weight is 540 g/mol. The molecule has 194 valence electrons. The van der Waals surface area contributed by atoms with Crippen molar-refractivity contribution in [3.63, 3.8) is 0 Å². The van der Waals surface area contributed by atoms with Crippen LogP contribution in [0.25, 0.3) is 0 Å². The Balaban J connectivity index is 1.43. The van der Waals surface area contributed by atoms with Crippen LogP contribution in [-0.2, 0) is 30.8 Å². The third-order valence-electron chi connectivity index (χ3n) is 5.45. The highest BCUT2D eigenvalue weighted by Gasteiger charge is 2.17. The summed E-state index contributed by atoms with van der Waals surface area (Å²) in [7, 11) is -3.78. The number of esters is 1. The first-order valence-electron chi connectivity index (χ1n) is 11.6. The number of carbonyl (C=O) groups is 2. The highest BCUT2D eigenvalue weighted by molar-refractivity contribution is 7.92. The first kappa shape index (κ1) is 27.8.